The highest BCUT2D eigenvalue weighted by Crippen LogP contribution is 2.30. The molecule has 0 aliphatic carbocycles. The fraction of sp³-hybridized carbons (Fsp3) is 0.158. The number of nitrogens with zero attached hydrogens (tertiary/aromatic N) is 3. The lowest BCUT2D eigenvalue weighted by molar-refractivity contribution is 0.414. The van der Waals surface area contributed by atoms with Gasteiger partial charge in [0.1, 0.15) is 11.5 Å². The van der Waals surface area contributed by atoms with Crippen LogP contribution in [0.4, 0.5) is 0 Å². The summed E-state index contributed by atoms with van der Waals surface area (Å²) in [6.07, 6.45) is 3.75. The summed E-state index contributed by atoms with van der Waals surface area (Å²) in [5.74, 6) is 3.05. The third-order valence-corrected chi connectivity index (χ3v) is 5.74. The SMILES string of the molecule is COc1cccc(-n2ccnc2SCc2nc(-c3cccs3)oc2C)c1. The molecular weight excluding hydrogens is 366 g/mol. The summed E-state index contributed by atoms with van der Waals surface area (Å²) in [5.41, 5.74) is 1.96. The number of rotatable bonds is 6. The van der Waals surface area contributed by atoms with Crippen molar-refractivity contribution in [3.63, 3.8) is 0 Å². The zero-order valence-corrected chi connectivity index (χ0v) is 16.0. The summed E-state index contributed by atoms with van der Waals surface area (Å²) in [4.78, 5) is 10.2. The Morgan fingerprint density at radius 1 is 1.27 bits per heavy atom. The Hall–Kier alpha value is -2.51. The second-order valence-corrected chi connectivity index (χ2v) is 7.46. The molecule has 3 heterocycles. The molecular formula is C19H17N3O2S2. The van der Waals surface area contributed by atoms with Crippen LogP contribution >= 0.6 is 23.1 Å². The zero-order valence-electron chi connectivity index (χ0n) is 14.4. The molecule has 0 bridgehead atoms. The topological polar surface area (TPSA) is 53.1 Å². The number of benzene rings is 1. The molecule has 5 nitrogen and oxygen atoms in total. The van der Waals surface area contributed by atoms with E-state index in [2.05, 4.69) is 9.97 Å². The van der Waals surface area contributed by atoms with E-state index in [0.29, 0.717) is 11.6 Å². The van der Waals surface area contributed by atoms with Gasteiger partial charge in [0.2, 0.25) is 5.89 Å². The lowest BCUT2D eigenvalue weighted by Gasteiger charge is -2.08. The first-order valence-corrected chi connectivity index (χ1v) is 9.92. The van der Waals surface area contributed by atoms with Crippen LogP contribution in [0.1, 0.15) is 11.5 Å². The molecule has 0 aliphatic rings. The molecule has 26 heavy (non-hydrogen) atoms. The van der Waals surface area contributed by atoms with Crippen molar-refractivity contribution in [2.24, 2.45) is 0 Å². The predicted molar refractivity (Wildman–Crippen MR) is 104 cm³/mol. The van der Waals surface area contributed by atoms with Crippen molar-refractivity contribution >= 4 is 23.1 Å². The summed E-state index contributed by atoms with van der Waals surface area (Å²) >= 11 is 3.26. The third kappa shape index (κ3) is 3.40. The Kier molecular flexibility index (Phi) is 4.81. The van der Waals surface area contributed by atoms with Crippen LogP contribution in [0.2, 0.25) is 0 Å². The van der Waals surface area contributed by atoms with Crippen LogP contribution in [0.25, 0.3) is 16.5 Å². The molecule has 0 atom stereocenters. The molecule has 0 fully saturated rings. The molecule has 1 aromatic carbocycles. The number of oxazole rings is 1. The van der Waals surface area contributed by atoms with Crippen LogP contribution in [-0.4, -0.2) is 21.6 Å². The predicted octanol–water partition coefficient (Wildman–Crippen LogP) is 5.20. The quantitative estimate of drug-likeness (QED) is 0.429. The maximum absolute atomic E-state index is 5.82. The zero-order chi connectivity index (χ0) is 17.9. The van der Waals surface area contributed by atoms with Crippen LogP contribution in [0.5, 0.6) is 5.75 Å². The smallest absolute Gasteiger partial charge is 0.236 e. The van der Waals surface area contributed by atoms with Gasteiger partial charge in [0.25, 0.3) is 0 Å². The summed E-state index contributed by atoms with van der Waals surface area (Å²) < 4.78 is 13.2. The number of imidazole rings is 1. The molecule has 0 saturated carbocycles. The van der Waals surface area contributed by atoms with Gasteiger partial charge >= 0.3 is 0 Å². The van der Waals surface area contributed by atoms with Gasteiger partial charge in [0.15, 0.2) is 5.16 Å². The van der Waals surface area contributed by atoms with Gasteiger partial charge in [0.05, 0.1) is 23.4 Å². The van der Waals surface area contributed by atoms with Crippen LogP contribution in [0, 0.1) is 6.92 Å². The summed E-state index contributed by atoms with van der Waals surface area (Å²) in [5, 5.41) is 2.92. The molecule has 0 saturated heterocycles. The minimum absolute atomic E-state index is 0.684. The molecule has 132 valence electrons. The molecule has 4 aromatic rings. The molecule has 7 heteroatoms. The third-order valence-electron chi connectivity index (χ3n) is 3.90. The van der Waals surface area contributed by atoms with Gasteiger partial charge in [-0.2, -0.15) is 0 Å². The molecule has 0 aliphatic heterocycles. The highest BCUT2D eigenvalue weighted by atomic mass is 32.2. The Labute approximate surface area is 159 Å². The average Bonchev–Trinajstić information content (AvgIpc) is 3.41. The maximum Gasteiger partial charge on any atom is 0.236 e. The van der Waals surface area contributed by atoms with E-state index in [0.717, 1.165) is 32.9 Å². The Balaban J connectivity index is 1.54. The van der Waals surface area contributed by atoms with E-state index in [4.69, 9.17) is 9.15 Å². The molecule has 0 N–H and O–H groups in total. The number of thiophene rings is 1. The number of methoxy groups -OCH3 is 1. The summed E-state index contributed by atoms with van der Waals surface area (Å²) in [7, 11) is 1.67. The minimum atomic E-state index is 0.684. The van der Waals surface area contributed by atoms with Crippen molar-refractivity contribution < 1.29 is 9.15 Å². The van der Waals surface area contributed by atoms with Gasteiger partial charge in [0, 0.05) is 24.2 Å². The highest BCUT2D eigenvalue weighted by molar-refractivity contribution is 7.98. The monoisotopic (exact) mass is 383 g/mol. The number of thioether (sulfide) groups is 1. The minimum Gasteiger partial charge on any atom is -0.497 e. The second kappa shape index (κ2) is 7.39. The van der Waals surface area contributed by atoms with Crippen LogP contribution in [0.3, 0.4) is 0 Å². The first kappa shape index (κ1) is 16.9. The fourth-order valence-electron chi connectivity index (χ4n) is 2.55. The van der Waals surface area contributed by atoms with Gasteiger partial charge in [-0.25, -0.2) is 9.97 Å². The van der Waals surface area contributed by atoms with Crippen molar-refractivity contribution in [3.8, 4) is 22.2 Å². The second-order valence-electron chi connectivity index (χ2n) is 5.57. The average molecular weight is 383 g/mol. The van der Waals surface area contributed by atoms with Crippen molar-refractivity contribution in [2.45, 2.75) is 17.8 Å². The lowest BCUT2D eigenvalue weighted by Crippen LogP contribution is -1.96. The van der Waals surface area contributed by atoms with Gasteiger partial charge in [-0.05, 0) is 30.5 Å². The van der Waals surface area contributed by atoms with Gasteiger partial charge < -0.3 is 9.15 Å². The molecule has 0 unspecified atom stereocenters. The number of ether oxygens (including phenoxy) is 1. The van der Waals surface area contributed by atoms with E-state index in [-0.39, 0.29) is 0 Å². The number of aromatic nitrogens is 3. The number of hydrogen-bond acceptors (Lipinski definition) is 6. The number of hydrogen-bond donors (Lipinski definition) is 0. The van der Waals surface area contributed by atoms with E-state index < -0.39 is 0 Å². The molecule has 3 aromatic heterocycles. The van der Waals surface area contributed by atoms with E-state index in [1.807, 2.05) is 59.5 Å². The summed E-state index contributed by atoms with van der Waals surface area (Å²) in [6.45, 7) is 1.95. The lowest BCUT2D eigenvalue weighted by atomic mass is 10.3. The van der Waals surface area contributed by atoms with Crippen LogP contribution in [-0.2, 0) is 5.75 Å². The van der Waals surface area contributed by atoms with Gasteiger partial charge in [-0.3, -0.25) is 4.57 Å². The molecule has 0 amide bonds. The van der Waals surface area contributed by atoms with Crippen molar-refractivity contribution in [2.75, 3.05) is 7.11 Å². The van der Waals surface area contributed by atoms with Gasteiger partial charge in [-0.1, -0.05) is 23.9 Å². The summed E-state index contributed by atoms with van der Waals surface area (Å²) in [6, 6.07) is 11.9. The molecule has 0 spiro atoms. The van der Waals surface area contributed by atoms with E-state index in [9.17, 15) is 0 Å². The standard InChI is InChI=1S/C19H17N3O2S2/c1-13-16(21-18(24-13)17-7-4-10-25-17)12-26-19-20-8-9-22(19)14-5-3-6-15(11-14)23-2/h3-11H,12H2,1-2H3. The normalized spacial score (nSPS) is 11.0. The Morgan fingerprint density at radius 3 is 3.00 bits per heavy atom. The van der Waals surface area contributed by atoms with Gasteiger partial charge in [-0.15, -0.1) is 11.3 Å². The molecule has 4 rings (SSSR count). The maximum atomic E-state index is 5.82. The number of aryl methyl sites for hydroxylation is 1. The first-order valence-electron chi connectivity index (χ1n) is 8.05. The van der Waals surface area contributed by atoms with Crippen molar-refractivity contribution in [3.05, 3.63) is 65.6 Å². The van der Waals surface area contributed by atoms with E-state index >= 15 is 0 Å². The highest BCUT2D eigenvalue weighted by Gasteiger charge is 2.14. The van der Waals surface area contributed by atoms with Crippen molar-refractivity contribution in [1.29, 1.82) is 0 Å². The van der Waals surface area contributed by atoms with Crippen LogP contribution < -0.4 is 4.74 Å². The van der Waals surface area contributed by atoms with Crippen molar-refractivity contribution in [1.82, 2.24) is 14.5 Å². The largest absolute Gasteiger partial charge is 0.497 e. The fourth-order valence-corrected chi connectivity index (χ4v) is 4.18. The van der Waals surface area contributed by atoms with E-state index in [1.165, 1.54) is 0 Å². The van der Waals surface area contributed by atoms with Crippen LogP contribution in [0.15, 0.2) is 63.7 Å². The van der Waals surface area contributed by atoms with E-state index in [1.54, 1.807) is 36.4 Å². The Bertz CT molecular complexity index is 1010. The Morgan fingerprint density at radius 2 is 2.19 bits per heavy atom. The first-order chi connectivity index (χ1) is 12.7. The molecule has 0 radical (unpaired) electrons.